The Hall–Kier alpha value is -1.72. The zero-order valence-electron chi connectivity index (χ0n) is 28.6. The van der Waals surface area contributed by atoms with Crippen molar-refractivity contribution in [3.05, 3.63) is 0 Å². The van der Waals surface area contributed by atoms with Crippen LogP contribution in [0.15, 0.2) is 0 Å². The van der Waals surface area contributed by atoms with Crippen molar-refractivity contribution in [1.82, 2.24) is 0 Å². The lowest BCUT2D eigenvalue weighted by Crippen LogP contribution is -2.31. The maximum Gasteiger partial charge on any atom is 0.365 e. The fraction of sp³-hybridized carbons (Fsp3) is 0.889. The molecule has 0 aromatic carbocycles. The predicted octanol–water partition coefficient (Wildman–Crippen LogP) is 10.0. The van der Waals surface area contributed by atoms with E-state index in [1.807, 2.05) is 0 Å². The van der Waals surface area contributed by atoms with Gasteiger partial charge >= 0.3 is 11.9 Å². The van der Waals surface area contributed by atoms with Gasteiger partial charge < -0.3 is 0 Å². The predicted molar refractivity (Wildman–Crippen MR) is 172 cm³/mol. The van der Waals surface area contributed by atoms with Crippen LogP contribution in [0.2, 0.25) is 0 Å². The van der Waals surface area contributed by atoms with Crippen LogP contribution in [0.25, 0.3) is 0 Å². The van der Waals surface area contributed by atoms with Crippen LogP contribution >= 0.6 is 0 Å². The highest BCUT2D eigenvalue weighted by Crippen LogP contribution is 2.22. The van der Waals surface area contributed by atoms with Gasteiger partial charge in [0.1, 0.15) is 23.4 Å². The molecule has 246 valence electrons. The summed E-state index contributed by atoms with van der Waals surface area (Å²) in [5.74, 6) is -1.39. The average molecular weight is 595 g/mol. The molecule has 0 saturated carbocycles. The van der Waals surface area contributed by atoms with Crippen LogP contribution in [0.5, 0.6) is 0 Å². The second-order valence-corrected chi connectivity index (χ2v) is 14.2. The van der Waals surface area contributed by atoms with Crippen LogP contribution in [0.1, 0.15) is 171 Å². The first-order valence-corrected chi connectivity index (χ1v) is 17.3. The van der Waals surface area contributed by atoms with Crippen LogP contribution < -0.4 is 0 Å². The van der Waals surface area contributed by atoms with Gasteiger partial charge in [-0.05, 0) is 49.4 Å². The summed E-state index contributed by atoms with van der Waals surface area (Å²) in [7, 11) is 0. The number of ketones is 2. The summed E-state index contributed by atoms with van der Waals surface area (Å²) in [6.07, 6.45) is 14.6. The van der Waals surface area contributed by atoms with Crippen LogP contribution in [0.4, 0.5) is 0 Å². The van der Waals surface area contributed by atoms with E-state index in [-0.39, 0.29) is 11.6 Å². The van der Waals surface area contributed by atoms with Crippen molar-refractivity contribution >= 4 is 23.5 Å². The second kappa shape index (κ2) is 24.7. The Morgan fingerprint density at radius 3 is 0.929 bits per heavy atom. The molecule has 0 radical (unpaired) electrons. The van der Waals surface area contributed by atoms with Crippen molar-refractivity contribution in [2.45, 2.75) is 171 Å². The normalized spacial score (nSPS) is 13.1. The molecule has 0 fully saturated rings. The van der Waals surface area contributed by atoms with Crippen LogP contribution in [-0.2, 0) is 29.0 Å². The molecular weight excluding hydrogens is 528 g/mol. The summed E-state index contributed by atoms with van der Waals surface area (Å²) in [4.78, 5) is 62.1. The maximum atomic E-state index is 13.0. The molecule has 0 aliphatic rings. The summed E-state index contributed by atoms with van der Waals surface area (Å²) in [6.45, 7) is 17.4. The van der Waals surface area contributed by atoms with Gasteiger partial charge in [0.25, 0.3) is 0 Å². The number of carbonyl (C=O) groups excluding carboxylic acids is 4. The summed E-state index contributed by atoms with van der Waals surface area (Å²) < 4.78 is 0. The van der Waals surface area contributed by atoms with Crippen molar-refractivity contribution in [2.24, 2.45) is 35.5 Å². The highest BCUT2D eigenvalue weighted by Gasteiger charge is 2.32. The SMILES string of the molecule is CC(C)CCCCCC(=O)C(CCCCC(C)C)C(=O)OOC(=O)C(CCCCC(C)C)C(=O)CCCCCC(C)C. The average Bonchev–Trinajstić information content (AvgIpc) is 2.90. The second-order valence-electron chi connectivity index (χ2n) is 14.2. The largest absolute Gasteiger partial charge is 0.365 e. The van der Waals surface area contributed by atoms with Gasteiger partial charge in [-0.25, -0.2) is 19.4 Å². The van der Waals surface area contributed by atoms with Gasteiger partial charge in [-0.2, -0.15) is 0 Å². The Labute approximate surface area is 258 Å². The van der Waals surface area contributed by atoms with Gasteiger partial charge in [0.15, 0.2) is 0 Å². The van der Waals surface area contributed by atoms with Crippen molar-refractivity contribution in [2.75, 3.05) is 0 Å². The first kappa shape index (κ1) is 40.3. The van der Waals surface area contributed by atoms with Crippen molar-refractivity contribution in [3.8, 4) is 0 Å². The van der Waals surface area contributed by atoms with E-state index in [4.69, 9.17) is 9.78 Å². The van der Waals surface area contributed by atoms with Crippen LogP contribution in [0, 0.1) is 35.5 Å². The molecule has 0 aromatic rings. The van der Waals surface area contributed by atoms with Gasteiger partial charge in [0.2, 0.25) is 0 Å². The molecule has 0 saturated heterocycles. The fourth-order valence-electron chi connectivity index (χ4n) is 5.23. The molecule has 6 nitrogen and oxygen atoms in total. The molecule has 0 N–H and O–H groups in total. The molecule has 2 unspecified atom stereocenters. The van der Waals surface area contributed by atoms with Crippen molar-refractivity contribution in [1.29, 1.82) is 0 Å². The van der Waals surface area contributed by atoms with E-state index < -0.39 is 23.8 Å². The zero-order valence-corrected chi connectivity index (χ0v) is 28.6. The molecule has 2 atom stereocenters. The van der Waals surface area contributed by atoms with Crippen LogP contribution in [0.3, 0.4) is 0 Å². The Morgan fingerprint density at radius 2 is 0.643 bits per heavy atom. The van der Waals surface area contributed by atoms with Crippen molar-refractivity contribution < 1.29 is 29.0 Å². The smallest absolute Gasteiger partial charge is 0.299 e. The lowest BCUT2D eigenvalue weighted by molar-refractivity contribution is -0.264. The van der Waals surface area contributed by atoms with Crippen molar-refractivity contribution in [3.63, 3.8) is 0 Å². The Kier molecular flexibility index (Phi) is 23.7. The molecular formula is C36H66O6. The molecule has 0 aliphatic heterocycles. The number of hydrogen-bond donors (Lipinski definition) is 0. The van der Waals surface area contributed by atoms with E-state index >= 15 is 0 Å². The molecule has 0 spiro atoms. The highest BCUT2D eigenvalue weighted by molar-refractivity contribution is 6.00. The Balaban J connectivity index is 5.16. The third-order valence-corrected chi connectivity index (χ3v) is 8.01. The summed E-state index contributed by atoms with van der Waals surface area (Å²) in [5, 5.41) is 0. The number of Topliss-reactive ketones (excluding diaryl/α,β-unsaturated/α-hetero) is 2. The summed E-state index contributed by atoms with van der Waals surface area (Å²) in [6, 6.07) is 0. The topological polar surface area (TPSA) is 86.7 Å². The standard InChI is InChI=1S/C36H66O6/c1-27(2)19-11-9-13-25-33(37)31(23-17-15-21-29(5)6)35(39)41-42-36(40)32(24-18-16-22-30(7)8)34(38)26-14-10-12-20-28(3)4/h27-32H,9-26H2,1-8H3. The Bertz CT molecular complexity index is 677. The minimum Gasteiger partial charge on any atom is -0.299 e. The number of carbonyl (C=O) groups is 4. The quantitative estimate of drug-likeness (QED) is 0.0428. The van der Waals surface area contributed by atoms with E-state index in [1.54, 1.807) is 0 Å². The first-order valence-electron chi connectivity index (χ1n) is 17.3. The molecule has 6 heteroatoms. The fourth-order valence-corrected chi connectivity index (χ4v) is 5.23. The summed E-state index contributed by atoms with van der Waals surface area (Å²) in [5.41, 5.74) is 0. The third-order valence-electron chi connectivity index (χ3n) is 8.01. The van der Waals surface area contributed by atoms with Gasteiger partial charge in [-0.3, -0.25) is 9.59 Å². The lowest BCUT2D eigenvalue weighted by Gasteiger charge is -2.17. The number of hydrogen-bond acceptors (Lipinski definition) is 6. The first-order chi connectivity index (χ1) is 19.8. The molecule has 0 heterocycles. The maximum absolute atomic E-state index is 13.0. The van der Waals surface area contributed by atoms with E-state index in [1.165, 1.54) is 0 Å². The van der Waals surface area contributed by atoms with Gasteiger partial charge in [-0.1, -0.05) is 132 Å². The van der Waals surface area contributed by atoms with E-state index in [9.17, 15) is 19.2 Å². The van der Waals surface area contributed by atoms with Gasteiger partial charge in [0, 0.05) is 12.8 Å². The molecule has 0 aliphatic carbocycles. The minimum atomic E-state index is -0.934. The Morgan fingerprint density at radius 1 is 0.381 bits per heavy atom. The molecule has 0 amide bonds. The lowest BCUT2D eigenvalue weighted by atomic mass is 9.92. The molecule has 0 aromatic heterocycles. The third kappa shape index (κ3) is 21.9. The minimum absolute atomic E-state index is 0.146. The van der Waals surface area contributed by atoms with E-state index in [2.05, 4.69) is 55.4 Å². The summed E-state index contributed by atoms with van der Waals surface area (Å²) >= 11 is 0. The highest BCUT2D eigenvalue weighted by atomic mass is 17.2. The van der Waals surface area contributed by atoms with Gasteiger partial charge in [0.05, 0.1) is 0 Å². The van der Waals surface area contributed by atoms with E-state index in [0.29, 0.717) is 49.4 Å². The number of rotatable bonds is 26. The zero-order chi connectivity index (χ0) is 31.9. The number of unbranched alkanes of at least 4 members (excludes halogenated alkanes) is 6. The molecule has 0 bridgehead atoms. The monoisotopic (exact) mass is 594 g/mol. The molecule has 42 heavy (non-hydrogen) atoms. The van der Waals surface area contributed by atoms with Crippen LogP contribution in [-0.4, -0.2) is 23.5 Å². The van der Waals surface area contributed by atoms with E-state index in [0.717, 1.165) is 89.9 Å². The van der Waals surface area contributed by atoms with Gasteiger partial charge in [-0.15, -0.1) is 0 Å². The molecule has 0 rings (SSSR count).